The maximum atomic E-state index is 5.57. The number of rotatable bonds is 2. The maximum Gasteiger partial charge on any atom is 0.222 e. The first-order valence-corrected chi connectivity index (χ1v) is 6.38. The van der Waals surface area contributed by atoms with Crippen LogP contribution in [-0.4, -0.2) is 25.5 Å². The van der Waals surface area contributed by atoms with Crippen molar-refractivity contribution in [3.63, 3.8) is 0 Å². The standard InChI is InChI=1S/C12H11BrN2O4/c1-16-11-6(7-5-9(14)19-15-7)4-8-12(10(11)13)18-3-2-17-8/h4-5H,2-3,14H2,1H3. The molecule has 0 atom stereocenters. The molecule has 2 aromatic rings. The van der Waals surface area contributed by atoms with Crippen LogP contribution in [0, 0.1) is 0 Å². The molecular weight excluding hydrogens is 316 g/mol. The molecule has 0 bridgehead atoms. The minimum absolute atomic E-state index is 0.239. The summed E-state index contributed by atoms with van der Waals surface area (Å²) in [6, 6.07) is 3.43. The molecular formula is C12H11BrN2O4. The quantitative estimate of drug-likeness (QED) is 0.913. The van der Waals surface area contributed by atoms with Crippen LogP contribution in [0.5, 0.6) is 17.2 Å². The van der Waals surface area contributed by atoms with Gasteiger partial charge in [-0.1, -0.05) is 5.16 Å². The lowest BCUT2D eigenvalue weighted by Gasteiger charge is -2.22. The Balaban J connectivity index is 2.21. The van der Waals surface area contributed by atoms with Gasteiger partial charge in [-0.15, -0.1) is 0 Å². The minimum atomic E-state index is 0.239. The second kappa shape index (κ2) is 4.65. The van der Waals surface area contributed by atoms with Gasteiger partial charge >= 0.3 is 0 Å². The topological polar surface area (TPSA) is 79.7 Å². The van der Waals surface area contributed by atoms with Crippen molar-refractivity contribution in [2.24, 2.45) is 0 Å². The predicted molar refractivity (Wildman–Crippen MR) is 71.6 cm³/mol. The predicted octanol–water partition coefficient (Wildman–Crippen LogP) is 2.47. The van der Waals surface area contributed by atoms with E-state index in [2.05, 4.69) is 21.1 Å². The Hall–Kier alpha value is -1.89. The Labute approximate surface area is 117 Å². The Kier molecular flexibility index (Phi) is 2.98. The average molecular weight is 327 g/mol. The first-order chi connectivity index (χ1) is 9.20. The minimum Gasteiger partial charge on any atom is -0.495 e. The Morgan fingerprint density at radius 2 is 2.11 bits per heavy atom. The van der Waals surface area contributed by atoms with E-state index >= 15 is 0 Å². The number of fused-ring (bicyclic) bond motifs is 1. The van der Waals surface area contributed by atoms with E-state index in [-0.39, 0.29) is 5.88 Å². The second-order valence-electron chi connectivity index (χ2n) is 3.91. The Bertz CT molecular complexity index is 626. The van der Waals surface area contributed by atoms with E-state index in [1.165, 1.54) is 0 Å². The number of nitrogens with zero attached hydrogens (tertiary/aromatic N) is 1. The number of anilines is 1. The van der Waals surface area contributed by atoms with Gasteiger partial charge in [-0.05, 0) is 22.0 Å². The molecule has 7 heteroatoms. The third-order valence-corrected chi connectivity index (χ3v) is 3.46. The molecule has 100 valence electrons. The van der Waals surface area contributed by atoms with Gasteiger partial charge < -0.3 is 24.5 Å². The van der Waals surface area contributed by atoms with Crippen molar-refractivity contribution in [2.75, 3.05) is 26.1 Å². The molecule has 2 heterocycles. The summed E-state index contributed by atoms with van der Waals surface area (Å²) in [6.07, 6.45) is 0. The fourth-order valence-corrected chi connectivity index (χ4v) is 2.62. The van der Waals surface area contributed by atoms with Gasteiger partial charge in [0.2, 0.25) is 5.88 Å². The molecule has 0 radical (unpaired) electrons. The van der Waals surface area contributed by atoms with E-state index in [1.807, 2.05) is 0 Å². The smallest absolute Gasteiger partial charge is 0.222 e. The maximum absolute atomic E-state index is 5.57. The summed E-state index contributed by atoms with van der Waals surface area (Å²) in [5, 5.41) is 3.89. The van der Waals surface area contributed by atoms with Crippen molar-refractivity contribution < 1.29 is 18.7 Å². The molecule has 0 amide bonds. The summed E-state index contributed by atoms with van der Waals surface area (Å²) in [5.74, 6) is 2.10. The van der Waals surface area contributed by atoms with Gasteiger partial charge in [-0.25, -0.2) is 0 Å². The van der Waals surface area contributed by atoms with Gasteiger partial charge in [-0.3, -0.25) is 0 Å². The SMILES string of the molecule is COc1c(-c2cc(N)on2)cc2c(c1Br)OCCO2. The lowest BCUT2D eigenvalue weighted by atomic mass is 10.1. The monoisotopic (exact) mass is 326 g/mol. The fraction of sp³-hybridized carbons (Fsp3) is 0.250. The van der Waals surface area contributed by atoms with Crippen LogP contribution < -0.4 is 19.9 Å². The molecule has 0 fully saturated rings. The van der Waals surface area contributed by atoms with Crippen LogP contribution in [0.3, 0.4) is 0 Å². The zero-order chi connectivity index (χ0) is 13.4. The number of nitrogens with two attached hydrogens (primary N) is 1. The van der Waals surface area contributed by atoms with E-state index in [1.54, 1.807) is 19.2 Å². The molecule has 0 saturated heterocycles. The normalized spacial score (nSPS) is 13.4. The van der Waals surface area contributed by atoms with Gasteiger partial charge in [0.05, 0.1) is 12.7 Å². The first-order valence-electron chi connectivity index (χ1n) is 5.59. The van der Waals surface area contributed by atoms with Gasteiger partial charge in [0.1, 0.15) is 29.1 Å². The van der Waals surface area contributed by atoms with Crippen molar-refractivity contribution in [3.8, 4) is 28.5 Å². The van der Waals surface area contributed by atoms with Gasteiger partial charge in [0.25, 0.3) is 0 Å². The van der Waals surface area contributed by atoms with Crippen molar-refractivity contribution in [3.05, 3.63) is 16.6 Å². The lowest BCUT2D eigenvalue weighted by molar-refractivity contribution is 0.169. The average Bonchev–Trinajstić information content (AvgIpc) is 2.85. The van der Waals surface area contributed by atoms with E-state index in [0.29, 0.717) is 40.6 Å². The van der Waals surface area contributed by atoms with E-state index in [4.69, 9.17) is 24.5 Å². The zero-order valence-corrected chi connectivity index (χ0v) is 11.7. The fourth-order valence-electron chi connectivity index (χ4n) is 1.93. The summed E-state index contributed by atoms with van der Waals surface area (Å²) in [5.41, 5.74) is 6.84. The van der Waals surface area contributed by atoms with E-state index in [9.17, 15) is 0 Å². The number of hydrogen-bond donors (Lipinski definition) is 1. The number of hydrogen-bond acceptors (Lipinski definition) is 6. The third-order valence-electron chi connectivity index (χ3n) is 2.74. The highest BCUT2D eigenvalue weighted by Gasteiger charge is 2.24. The number of halogens is 1. The molecule has 3 rings (SSSR count). The molecule has 0 spiro atoms. The molecule has 6 nitrogen and oxygen atoms in total. The summed E-state index contributed by atoms with van der Waals surface area (Å²) in [7, 11) is 1.57. The number of ether oxygens (including phenoxy) is 3. The van der Waals surface area contributed by atoms with Gasteiger partial charge in [0.15, 0.2) is 11.5 Å². The number of methoxy groups -OCH3 is 1. The number of aromatic nitrogens is 1. The summed E-state index contributed by atoms with van der Waals surface area (Å²) < 4.78 is 22.1. The van der Waals surface area contributed by atoms with Crippen molar-refractivity contribution in [1.29, 1.82) is 0 Å². The molecule has 1 aromatic heterocycles. The van der Waals surface area contributed by atoms with Crippen molar-refractivity contribution >= 4 is 21.8 Å². The molecule has 0 unspecified atom stereocenters. The van der Waals surface area contributed by atoms with Crippen LogP contribution in [-0.2, 0) is 0 Å². The van der Waals surface area contributed by atoms with Crippen LogP contribution >= 0.6 is 15.9 Å². The largest absolute Gasteiger partial charge is 0.495 e. The Morgan fingerprint density at radius 3 is 2.79 bits per heavy atom. The van der Waals surface area contributed by atoms with E-state index < -0.39 is 0 Å². The van der Waals surface area contributed by atoms with Gasteiger partial charge in [0, 0.05) is 6.07 Å². The molecule has 0 aliphatic carbocycles. The van der Waals surface area contributed by atoms with E-state index in [0.717, 1.165) is 5.56 Å². The molecule has 2 N–H and O–H groups in total. The third kappa shape index (κ3) is 1.99. The van der Waals surface area contributed by atoms with Crippen molar-refractivity contribution in [1.82, 2.24) is 5.16 Å². The summed E-state index contributed by atoms with van der Waals surface area (Å²) in [4.78, 5) is 0. The van der Waals surface area contributed by atoms with Crippen LogP contribution in [0.4, 0.5) is 5.88 Å². The highest BCUT2D eigenvalue weighted by Crippen LogP contribution is 2.48. The number of nitrogen functional groups attached to an aromatic ring is 1. The second-order valence-corrected chi connectivity index (χ2v) is 4.70. The molecule has 0 saturated carbocycles. The zero-order valence-electron chi connectivity index (χ0n) is 10.1. The lowest BCUT2D eigenvalue weighted by Crippen LogP contribution is -2.16. The Morgan fingerprint density at radius 1 is 1.32 bits per heavy atom. The molecule has 19 heavy (non-hydrogen) atoms. The molecule has 1 aliphatic heterocycles. The van der Waals surface area contributed by atoms with Crippen LogP contribution in [0.15, 0.2) is 21.1 Å². The number of benzene rings is 1. The highest BCUT2D eigenvalue weighted by molar-refractivity contribution is 9.10. The highest BCUT2D eigenvalue weighted by atomic mass is 79.9. The summed E-state index contributed by atoms with van der Waals surface area (Å²) in [6.45, 7) is 1.01. The van der Waals surface area contributed by atoms with Crippen molar-refractivity contribution in [2.45, 2.75) is 0 Å². The molecule has 1 aliphatic rings. The van der Waals surface area contributed by atoms with Crippen LogP contribution in [0.1, 0.15) is 0 Å². The van der Waals surface area contributed by atoms with Crippen LogP contribution in [0.2, 0.25) is 0 Å². The van der Waals surface area contributed by atoms with Crippen LogP contribution in [0.25, 0.3) is 11.3 Å². The summed E-state index contributed by atoms with van der Waals surface area (Å²) >= 11 is 3.46. The first kappa shape index (κ1) is 12.2. The molecule has 1 aromatic carbocycles. The van der Waals surface area contributed by atoms with Gasteiger partial charge in [-0.2, -0.15) is 0 Å².